The summed E-state index contributed by atoms with van der Waals surface area (Å²) in [5.74, 6) is 0.972. The standard InChI is InChI=1S/C17H24N4O/c1-21-11-8-14-15(7-10-19-16(14)21)20-17(22)13-4-2-12(3-5-13)6-9-18/h7-8,10-13H,2-6,9,18H2,1H3,(H,19,20,22). The van der Waals surface area contributed by atoms with Gasteiger partial charge in [0.2, 0.25) is 5.91 Å². The van der Waals surface area contributed by atoms with E-state index in [1.165, 1.54) is 0 Å². The van der Waals surface area contributed by atoms with Gasteiger partial charge in [0.05, 0.1) is 5.69 Å². The lowest BCUT2D eigenvalue weighted by molar-refractivity contribution is -0.121. The van der Waals surface area contributed by atoms with Crippen LogP contribution in [-0.4, -0.2) is 22.0 Å². The minimum absolute atomic E-state index is 0.126. The number of amides is 1. The first kappa shape index (κ1) is 15.0. The first-order valence-corrected chi connectivity index (χ1v) is 8.10. The Labute approximate surface area is 130 Å². The highest BCUT2D eigenvalue weighted by Gasteiger charge is 2.26. The van der Waals surface area contributed by atoms with Gasteiger partial charge in [0.15, 0.2) is 0 Å². The van der Waals surface area contributed by atoms with Gasteiger partial charge in [-0.15, -0.1) is 0 Å². The number of hydrogen-bond donors (Lipinski definition) is 2. The maximum absolute atomic E-state index is 12.5. The quantitative estimate of drug-likeness (QED) is 0.911. The van der Waals surface area contributed by atoms with E-state index in [1.807, 2.05) is 29.9 Å². The molecule has 5 heteroatoms. The topological polar surface area (TPSA) is 72.9 Å². The lowest BCUT2D eigenvalue weighted by atomic mass is 9.80. The molecular formula is C17H24N4O. The molecule has 0 aromatic carbocycles. The SMILES string of the molecule is Cn1ccc2c(NC(=O)C3CCC(CCN)CC3)ccnc21. The molecule has 5 nitrogen and oxygen atoms in total. The summed E-state index contributed by atoms with van der Waals surface area (Å²) < 4.78 is 1.96. The number of pyridine rings is 1. The van der Waals surface area contributed by atoms with Crippen LogP contribution in [-0.2, 0) is 11.8 Å². The van der Waals surface area contributed by atoms with E-state index >= 15 is 0 Å². The molecule has 118 valence electrons. The van der Waals surface area contributed by atoms with E-state index < -0.39 is 0 Å². The molecular weight excluding hydrogens is 276 g/mol. The molecule has 1 saturated carbocycles. The molecule has 0 spiro atoms. The van der Waals surface area contributed by atoms with Crippen LogP contribution in [0, 0.1) is 11.8 Å². The van der Waals surface area contributed by atoms with E-state index in [-0.39, 0.29) is 11.8 Å². The molecule has 1 aliphatic rings. The molecule has 3 rings (SSSR count). The molecule has 0 aliphatic heterocycles. The highest BCUT2D eigenvalue weighted by Crippen LogP contribution is 2.32. The number of nitrogens with zero attached hydrogens (tertiary/aromatic N) is 2. The highest BCUT2D eigenvalue weighted by atomic mass is 16.1. The van der Waals surface area contributed by atoms with Crippen molar-refractivity contribution in [2.24, 2.45) is 24.6 Å². The van der Waals surface area contributed by atoms with Crippen LogP contribution in [0.4, 0.5) is 5.69 Å². The minimum Gasteiger partial charge on any atom is -0.336 e. The average Bonchev–Trinajstić information content (AvgIpc) is 2.91. The van der Waals surface area contributed by atoms with Gasteiger partial charge in [-0.05, 0) is 56.7 Å². The van der Waals surface area contributed by atoms with Crippen LogP contribution in [0.25, 0.3) is 11.0 Å². The molecule has 0 unspecified atom stereocenters. The Morgan fingerprint density at radius 3 is 2.86 bits per heavy atom. The third-order valence-corrected chi connectivity index (χ3v) is 4.82. The summed E-state index contributed by atoms with van der Waals surface area (Å²) in [7, 11) is 1.96. The smallest absolute Gasteiger partial charge is 0.227 e. The van der Waals surface area contributed by atoms with Crippen LogP contribution in [0.15, 0.2) is 24.5 Å². The zero-order chi connectivity index (χ0) is 15.5. The number of aryl methyl sites for hydroxylation is 1. The highest BCUT2D eigenvalue weighted by molar-refractivity contribution is 6.01. The molecule has 1 fully saturated rings. The fourth-order valence-corrected chi connectivity index (χ4v) is 3.46. The van der Waals surface area contributed by atoms with E-state index in [0.717, 1.165) is 55.4 Å². The van der Waals surface area contributed by atoms with Gasteiger partial charge >= 0.3 is 0 Å². The normalized spacial score (nSPS) is 21.9. The van der Waals surface area contributed by atoms with Gasteiger partial charge in [-0.25, -0.2) is 4.98 Å². The molecule has 1 aliphatic carbocycles. The molecule has 0 radical (unpaired) electrons. The number of rotatable bonds is 4. The Balaban J connectivity index is 1.66. The second-order valence-electron chi connectivity index (χ2n) is 6.31. The molecule has 2 aromatic rings. The number of anilines is 1. The molecule has 1 amide bonds. The first-order chi connectivity index (χ1) is 10.7. The number of carbonyl (C=O) groups is 1. The second kappa shape index (κ2) is 6.48. The third-order valence-electron chi connectivity index (χ3n) is 4.82. The van der Waals surface area contributed by atoms with Gasteiger partial charge in [0.1, 0.15) is 5.65 Å². The van der Waals surface area contributed by atoms with Gasteiger partial charge in [-0.3, -0.25) is 4.79 Å². The van der Waals surface area contributed by atoms with Crippen LogP contribution >= 0.6 is 0 Å². The minimum atomic E-state index is 0.126. The molecule has 0 saturated heterocycles. The van der Waals surface area contributed by atoms with Crippen LogP contribution in [0.2, 0.25) is 0 Å². The fourth-order valence-electron chi connectivity index (χ4n) is 3.46. The van der Waals surface area contributed by atoms with Crippen molar-refractivity contribution in [1.82, 2.24) is 9.55 Å². The van der Waals surface area contributed by atoms with Gasteiger partial charge in [0.25, 0.3) is 0 Å². The van der Waals surface area contributed by atoms with E-state index in [0.29, 0.717) is 5.92 Å². The number of hydrogen-bond acceptors (Lipinski definition) is 3. The predicted molar refractivity (Wildman–Crippen MR) is 88.5 cm³/mol. The molecule has 2 heterocycles. The number of nitrogens with one attached hydrogen (secondary N) is 1. The number of fused-ring (bicyclic) bond motifs is 1. The number of nitrogens with two attached hydrogens (primary N) is 1. The van der Waals surface area contributed by atoms with Crippen LogP contribution < -0.4 is 11.1 Å². The van der Waals surface area contributed by atoms with Crippen molar-refractivity contribution in [3.63, 3.8) is 0 Å². The van der Waals surface area contributed by atoms with Crippen molar-refractivity contribution in [2.45, 2.75) is 32.1 Å². The Morgan fingerprint density at radius 2 is 2.14 bits per heavy atom. The van der Waals surface area contributed by atoms with Crippen molar-refractivity contribution in [3.05, 3.63) is 24.5 Å². The summed E-state index contributed by atoms with van der Waals surface area (Å²) in [6.07, 6.45) is 8.97. The van der Waals surface area contributed by atoms with Gasteiger partial charge in [-0.2, -0.15) is 0 Å². The fraction of sp³-hybridized carbons (Fsp3) is 0.529. The summed E-state index contributed by atoms with van der Waals surface area (Å²) >= 11 is 0. The van der Waals surface area contributed by atoms with Gasteiger partial charge < -0.3 is 15.6 Å². The van der Waals surface area contributed by atoms with Crippen molar-refractivity contribution >= 4 is 22.6 Å². The average molecular weight is 300 g/mol. The van der Waals surface area contributed by atoms with Crippen molar-refractivity contribution in [3.8, 4) is 0 Å². The largest absolute Gasteiger partial charge is 0.336 e. The molecule has 3 N–H and O–H groups in total. The van der Waals surface area contributed by atoms with Crippen LogP contribution in [0.5, 0.6) is 0 Å². The van der Waals surface area contributed by atoms with E-state index in [4.69, 9.17) is 5.73 Å². The predicted octanol–water partition coefficient (Wildman–Crippen LogP) is 2.67. The lowest BCUT2D eigenvalue weighted by Crippen LogP contribution is -2.27. The number of carbonyl (C=O) groups excluding carboxylic acids is 1. The third kappa shape index (κ3) is 2.99. The van der Waals surface area contributed by atoms with E-state index in [2.05, 4.69) is 10.3 Å². The Bertz CT molecular complexity index is 656. The summed E-state index contributed by atoms with van der Waals surface area (Å²) in [4.78, 5) is 16.9. The van der Waals surface area contributed by atoms with Gasteiger partial charge in [-0.1, -0.05) is 0 Å². The zero-order valence-corrected chi connectivity index (χ0v) is 13.1. The molecule has 2 aromatic heterocycles. The maximum Gasteiger partial charge on any atom is 0.227 e. The zero-order valence-electron chi connectivity index (χ0n) is 13.1. The second-order valence-corrected chi connectivity index (χ2v) is 6.31. The summed E-state index contributed by atoms with van der Waals surface area (Å²) in [6.45, 7) is 0.754. The Morgan fingerprint density at radius 1 is 1.36 bits per heavy atom. The summed E-state index contributed by atoms with van der Waals surface area (Å²) in [5.41, 5.74) is 7.38. The number of aromatic nitrogens is 2. The molecule has 0 bridgehead atoms. The lowest BCUT2D eigenvalue weighted by Gasteiger charge is -2.27. The summed E-state index contributed by atoms with van der Waals surface area (Å²) in [5, 5.41) is 4.09. The monoisotopic (exact) mass is 300 g/mol. The molecule has 0 atom stereocenters. The van der Waals surface area contributed by atoms with Crippen LogP contribution in [0.1, 0.15) is 32.1 Å². The van der Waals surface area contributed by atoms with Crippen molar-refractivity contribution in [1.29, 1.82) is 0 Å². The van der Waals surface area contributed by atoms with Crippen LogP contribution in [0.3, 0.4) is 0 Å². The maximum atomic E-state index is 12.5. The molecule has 22 heavy (non-hydrogen) atoms. The van der Waals surface area contributed by atoms with E-state index in [9.17, 15) is 4.79 Å². The Kier molecular flexibility index (Phi) is 4.43. The van der Waals surface area contributed by atoms with Crippen molar-refractivity contribution in [2.75, 3.05) is 11.9 Å². The first-order valence-electron chi connectivity index (χ1n) is 8.10. The summed E-state index contributed by atoms with van der Waals surface area (Å²) in [6, 6.07) is 3.87. The van der Waals surface area contributed by atoms with Gasteiger partial charge in [0, 0.05) is 30.7 Å². The Hall–Kier alpha value is -1.88. The van der Waals surface area contributed by atoms with Crippen molar-refractivity contribution < 1.29 is 4.79 Å². The van der Waals surface area contributed by atoms with E-state index in [1.54, 1.807) is 6.20 Å².